The van der Waals surface area contributed by atoms with Crippen molar-refractivity contribution in [2.24, 2.45) is 5.73 Å². The maximum Gasteiger partial charge on any atom is 0.222 e. The van der Waals surface area contributed by atoms with E-state index in [4.69, 9.17) is 5.73 Å². The third-order valence-electron chi connectivity index (χ3n) is 3.31. The van der Waals surface area contributed by atoms with Gasteiger partial charge in [-0.2, -0.15) is 0 Å². The Labute approximate surface area is 116 Å². The fraction of sp³-hybridized carbons (Fsp3) is 0.562. The normalized spacial score (nSPS) is 12.5. The third kappa shape index (κ3) is 5.03. The molecule has 0 aliphatic rings. The number of nitrogens with zero attached hydrogens (tertiary/aromatic N) is 1. The van der Waals surface area contributed by atoms with Crippen LogP contribution in [0.25, 0.3) is 0 Å². The molecule has 1 aromatic rings. The number of rotatable bonds is 7. The molecular weight excluding hydrogens is 236 g/mol. The van der Waals surface area contributed by atoms with Crippen molar-refractivity contribution in [3.63, 3.8) is 0 Å². The maximum atomic E-state index is 12.2. The third-order valence-corrected chi connectivity index (χ3v) is 3.31. The minimum absolute atomic E-state index is 0.0548. The van der Waals surface area contributed by atoms with E-state index in [2.05, 4.69) is 20.8 Å². The fourth-order valence-electron chi connectivity index (χ4n) is 2.20. The van der Waals surface area contributed by atoms with E-state index in [9.17, 15) is 4.79 Å². The highest BCUT2D eigenvalue weighted by Gasteiger charge is 2.17. The minimum atomic E-state index is -0.0548. The van der Waals surface area contributed by atoms with Gasteiger partial charge < -0.3 is 10.6 Å². The van der Waals surface area contributed by atoms with Gasteiger partial charge in [0.2, 0.25) is 5.91 Å². The summed E-state index contributed by atoms with van der Waals surface area (Å²) in [4.78, 5) is 14.1. The van der Waals surface area contributed by atoms with Crippen molar-refractivity contribution in [3.05, 3.63) is 35.9 Å². The van der Waals surface area contributed by atoms with E-state index >= 15 is 0 Å². The van der Waals surface area contributed by atoms with E-state index < -0.39 is 0 Å². The molecular formula is C16H26N2O. The van der Waals surface area contributed by atoms with Crippen LogP contribution < -0.4 is 5.73 Å². The van der Waals surface area contributed by atoms with Gasteiger partial charge in [-0.1, -0.05) is 37.3 Å². The molecule has 2 N–H and O–H groups in total. The van der Waals surface area contributed by atoms with E-state index in [1.807, 2.05) is 35.2 Å². The van der Waals surface area contributed by atoms with Crippen LogP contribution in [-0.2, 0) is 4.79 Å². The summed E-state index contributed by atoms with van der Waals surface area (Å²) in [5, 5.41) is 0. The summed E-state index contributed by atoms with van der Waals surface area (Å²) in [5.41, 5.74) is 7.22. The topological polar surface area (TPSA) is 46.3 Å². The molecule has 0 radical (unpaired) electrons. The first-order chi connectivity index (χ1) is 9.06. The number of nitrogens with two attached hydrogens (primary N) is 1. The SMILES string of the molecule is CCCN(C(=O)CCC(N)c1ccccc1)C(C)C. The van der Waals surface area contributed by atoms with Crippen molar-refractivity contribution >= 4 is 5.91 Å². The highest BCUT2D eigenvalue weighted by molar-refractivity contribution is 5.76. The van der Waals surface area contributed by atoms with Gasteiger partial charge in [-0.15, -0.1) is 0 Å². The standard InChI is InChI=1S/C16H26N2O/c1-4-12-18(13(2)3)16(19)11-10-15(17)14-8-6-5-7-9-14/h5-9,13,15H,4,10-12,17H2,1-3H3. The number of amides is 1. The smallest absolute Gasteiger partial charge is 0.222 e. The molecule has 0 aliphatic heterocycles. The van der Waals surface area contributed by atoms with Crippen LogP contribution >= 0.6 is 0 Å². The Morgan fingerprint density at radius 1 is 1.26 bits per heavy atom. The van der Waals surface area contributed by atoms with Crippen LogP contribution in [-0.4, -0.2) is 23.4 Å². The number of hydrogen-bond acceptors (Lipinski definition) is 2. The molecule has 0 spiro atoms. The molecule has 3 heteroatoms. The molecule has 0 aliphatic carbocycles. The average Bonchev–Trinajstić information content (AvgIpc) is 2.42. The zero-order valence-corrected chi connectivity index (χ0v) is 12.3. The summed E-state index contributed by atoms with van der Waals surface area (Å²) in [6, 6.07) is 10.2. The summed E-state index contributed by atoms with van der Waals surface area (Å²) < 4.78 is 0. The molecule has 106 valence electrons. The number of carbonyl (C=O) groups is 1. The van der Waals surface area contributed by atoms with Gasteiger partial charge in [0.25, 0.3) is 0 Å². The molecule has 19 heavy (non-hydrogen) atoms. The lowest BCUT2D eigenvalue weighted by Gasteiger charge is -2.27. The lowest BCUT2D eigenvalue weighted by atomic mass is 10.0. The first-order valence-corrected chi connectivity index (χ1v) is 7.16. The first-order valence-electron chi connectivity index (χ1n) is 7.16. The van der Waals surface area contributed by atoms with Crippen LogP contribution in [0.3, 0.4) is 0 Å². The highest BCUT2D eigenvalue weighted by atomic mass is 16.2. The van der Waals surface area contributed by atoms with Crippen LogP contribution in [0.1, 0.15) is 51.6 Å². The lowest BCUT2D eigenvalue weighted by Crippen LogP contribution is -2.37. The summed E-state index contributed by atoms with van der Waals surface area (Å²) in [5.74, 6) is 0.211. The molecule has 3 nitrogen and oxygen atoms in total. The first kappa shape index (κ1) is 15.7. The van der Waals surface area contributed by atoms with Gasteiger partial charge >= 0.3 is 0 Å². The highest BCUT2D eigenvalue weighted by Crippen LogP contribution is 2.16. The molecule has 1 atom stereocenters. The Bertz CT molecular complexity index is 376. The van der Waals surface area contributed by atoms with Gasteiger partial charge in [-0.05, 0) is 32.3 Å². The van der Waals surface area contributed by atoms with Gasteiger partial charge in [0.05, 0.1) is 0 Å². The van der Waals surface area contributed by atoms with Gasteiger partial charge in [-0.3, -0.25) is 4.79 Å². The predicted molar refractivity (Wildman–Crippen MR) is 79.7 cm³/mol. The number of hydrogen-bond donors (Lipinski definition) is 1. The fourth-order valence-corrected chi connectivity index (χ4v) is 2.20. The van der Waals surface area contributed by atoms with E-state index in [1.54, 1.807) is 0 Å². The minimum Gasteiger partial charge on any atom is -0.340 e. The van der Waals surface area contributed by atoms with Crippen molar-refractivity contribution < 1.29 is 4.79 Å². The molecule has 1 unspecified atom stereocenters. The summed E-state index contributed by atoms with van der Waals surface area (Å²) in [6.07, 6.45) is 2.22. The monoisotopic (exact) mass is 262 g/mol. The summed E-state index contributed by atoms with van der Waals surface area (Å²) in [7, 11) is 0. The van der Waals surface area contributed by atoms with Crippen molar-refractivity contribution in [2.45, 2.75) is 52.1 Å². The Kier molecular flexibility index (Phi) is 6.57. The quantitative estimate of drug-likeness (QED) is 0.820. The van der Waals surface area contributed by atoms with Gasteiger partial charge in [-0.25, -0.2) is 0 Å². The van der Waals surface area contributed by atoms with E-state index in [1.165, 1.54) is 0 Å². The van der Waals surface area contributed by atoms with Crippen LogP contribution in [0.15, 0.2) is 30.3 Å². The van der Waals surface area contributed by atoms with Crippen LogP contribution in [0.4, 0.5) is 0 Å². The second-order valence-electron chi connectivity index (χ2n) is 5.24. The Hall–Kier alpha value is -1.35. The Morgan fingerprint density at radius 3 is 2.42 bits per heavy atom. The molecule has 0 bridgehead atoms. The second kappa shape index (κ2) is 7.95. The van der Waals surface area contributed by atoms with Crippen molar-refractivity contribution in [3.8, 4) is 0 Å². The largest absolute Gasteiger partial charge is 0.340 e. The zero-order chi connectivity index (χ0) is 14.3. The van der Waals surface area contributed by atoms with E-state index in [-0.39, 0.29) is 18.0 Å². The Morgan fingerprint density at radius 2 is 1.89 bits per heavy atom. The molecule has 1 rings (SSSR count). The summed E-state index contributed by atoms with van der Waals surface area (Å²) >= 11 is 0. The second-order valence-corrected chi connectivity index (χ2v) is 5.24. The van der Waals surface area contributed by atoms with Gasteiger partial charge in [0.15, 0.2) is 0 Å². The van der Waals surface area contributed by atoms with E-state index in [0.717, 1.165) is 18.5 Å². The van der Waals surface area contributed by atoms with Crippen molar-refractivity contribution in [1.29, 1.82) is 0 Å². The molecule has 0 saturated carbocycles. The zero-order valence-electron chi connectivity index (χ0n) is 12.3. The number of benzene rings is 1. The number of carbonyl (C=O) groups excluding carboxylic acids is 1. The molecule has 0 saturated heterocycles. The average molecular weight is 262 g/mol. The molecule has 0 fully saturated rings. The molecule has 0 aromatic heterocycles. The van der Waals surface area contributed by atoms with Crippen LogP contribution in [0, 0.1) is 0 Å². The predicted octanol–water partition coefficient (Wildman–Crippen LogP) is 3.11. The molecule has 1 aromatic carbocycles. The van der Waals surface area contributed by atoms with Crippen molar-refractivity contribution in [2.75, 3.05) is 6.54 Å². The van der Waals surface area contributed by atoms with Gasteiger partial charge in [0, 0.05) is 25.0 Å². The molecule has 0 heterocycles. The van der Waals surface area contributed by atoms with Gasteiger partial charge in [0.1, 0.15) is 0 Å². The van der Waals surface area contributed by atoms with Crippen LogP contribution in [0.5, 0.6) is 0 Å². The summed E-state index contributed by atoms with van der Waals surface area (Å²) in [6.45, 7) is 7.05. The Balaban J connectivity index is 2.49. The van der Waals surface area contributed by atoms with Crippen molar-refractivity contribution in [1.82, 2.24) is 4.90 Å². The van der Waals surface area contributed by atoms with Crippen LogP contribution in [0.2, 0.25) is 0 Å². The van der Waals surface area contributed by atoms with E-state index in [0.29, 0.717) is 12.8 Å². The lowest BCUT2D eigenvalue weighted by molar-refractivity contribution is -0.133. The maximum absolute atomic E-state index is 12.2. The molecule has 1 amide bonds.